The first-order chi connectivity index (χ1) is 11.3. The second-order valence-corrected chi connectivity index (χ2v) is 6.15. The summed E-state index contributed by atoms with van der Waals surface area (Å²) in [6.45, 7) is 2.26. The second kappa shape index (κ2) is 6.26. The molecule has 24 heavy (non-hydrogen) atoms. The third-order valence-corrected chi connectivity index (χ3v) is 4.00. The van der Waals surface area contributed by atoms with Gasteiger partial charge in [-0.1, -0.05) is 13.0 Å². The number of carbonyl (C=O) groups is 2. The first kappa shape index (κ1) is 16.5. The van der Waals surface area contributed by atoms with Crippen LogP contribution in [0.25, 0.3) is 0 Å². The molecule has 0 aromatic heterocycles. The van der Waals surface area contributed by atoms with E-state index in [9.17, 15) is 18.4 Å². The number of hydrogen-bond donors (Lipinski definition) is 2. The predicted octanol–water partition coefficient (Wildman–Crippen LogP) is 1.58. The Labute approximate surface area is 137 Å². The number of fused-ring (bicyclic) bond motifs is 1. The number of rotatable bonds is 4. The fraction of sp³-hybridized carbons (Fsp3) is 0.500. The molecule has 0 radical (unpaired) electrons. The van der Waals surface area contributed by atoms with Gasteiger partial charge in [0.05, 0.1) is 0 Å². The lowest BCUT2D eigenvalue weighted by Crippen LogP contribution is -2.51. The Hall–Kier alpha value is -2.38. The van der Waals surface area contributed by atoms with Gasteiger partial charge in [0.15, 0.2) is 11.5 Å². The summed E-state index contributed by atoms with van der Waals surface area (Å²) in [5, 5.41) is 5.42. The molecule has 0 bridgehead atoms. The summed E-state index contributed by atoms with van der Waals surface area (Å²) >= 11 is 0. The highest BCUT2D eigenvalue weighted by Crippen LogP contribution is 2.41. The molecular formula is C16H18F2N2O4. The van der Waals surface area contributed by atoms with E-state index in [0.29, 0.717) is 25.8 Å². The van der Waals surface area contributed by atoms with Crippen LogP contribution in [0, 0.1) is 5.92 Å². The standard InChI is InChI=1S/C16H18F2N2O4/c1-9-6-11(20-14(21)7-9)15(22)19-5-4-10-2-3-12-13(8-10)24-16(17,18)23-12/h2-3,8-9,11H,4-7H2,1H3,(H,19,22)(H,20,21)/t9-,11-/m1/s1. The summed E-state index contributed by atoms with van der Waals surface area (Å²) in [5.41, 5.74) is 0.733. The second-order valence-electron chi connectivity index (χ2n) is 6.15. The summed E-state index contributed by atoms with van der Waals surface area (Å²) in [6.07, 6.45) is -2.14. The highest BCUT2D eigenvalue weighted by molar-refractivity contribution is 5.88. The number of ether oxygens (including phenoxy) is 2. The summed E-state index contributed by atoms with van der Waals surface area (Å²) in [6, 6.07) is 4.00. The lowest BCUT2D eigenvalue weighted by molar-refractivity contribution is -0.286. The minimum absolute atomic E-state index is 0.00769. The minimum atomic E-state index is -3.63. The SMILES string of the molecule is C[C@H]1CC(=O)N[C@@H](C(=O)NCCc2ccc3c(c2)OC(F)(F)O3)C1. The van der Waals surface area contributed by atoms with E-state index in [-0.39, 0.29) is 29.2 Å². The molecule has 2 N–H and O–H groups in total. The molecule has 2 amide bonds. The number of nitrogens with one attached hydrogen (secondary N) is 2. The van der Waals surface area contributed by atoms with E-state index in [1.165, 1.54) is 12.1 Å². The van der Waals surface area contributed by atoms with Crippen molar-refractivity contribution in [2.45, 2.75) is 38.5 Å². The Balaban J connectivity index is 1.50. The van der Waals surface area contributed by atoms with Gasteiger partial charge in [0.25, 0.3) is 0 Å². The van der Waals surface area contributed by atoms with Crippen LogP contribution >= 0.6 is 0 Å². The normalized spacial score (nSPS) is 24.4. The van der Waals surface area contributed by atoms with E-state index < -0.39 is 12.3 Å². The zero-order valence-corrected chi connectivity index (χ0v) is 13.1. The largest absolute Gasteiger partial charge is 0.586 e. The van der Waals surface area contributed by atoms with E-state index >= 15 is 0 Å². The molecule has 6 nitrogen and oxygen atoms in total. The zero-order valence-electron chi connectivity index (χ0n) is 13.1. The molecule has 1 aromatic carbocycles. The average Bonchev–Trinajstić information content (AvgIpc) is 2.79. The van der Waals surface area contributed by atoms with Crippen molar-refractivity contribution in [3.8, 4) is 11.5 Å². The highest BCUT2D eigenvalue weighted by Gasteiger charge is 2.43. The molecule has 8 heteroatoms. The molecule has 1 saturated heterocycles. The molecule has 2 atom stereocenters. The molecule has 2 aliphatic heterocycles. The Morgan fingerprint density at radius 2 is 2.12 bits per heavy atom. The third-order valence-electron chi connectivity index (χ3n) is 4.00. The molecule has 0 aliphatic carbocycles. The monoisotopic (exact) mass is 340 g/mol. The van der Waals surface area contributed by atoms with Crippen LogP contribution in [0.15, 0.2) is 18.2 Å². The van der Waals surface area contributed by atoms with Crippen molar-refractivity contribution in [1.82, 2.24) is 10.6 Å². The molecule has 0 saturated carbocycles. The molecule has 2 aliphatic rings. The first-order valence-corrected chi connectivity index (χ1v) is 7.78. The topological polar surface area (TPSA) is 76.7 Å². The lowest BCUT2D eigenvalue weighted by atomic mass is 9.93. The van der Waals surface area contributed by atoms with Crippen molar-refractivity contribution in [3.63, 3.8) is 0 Å². The number of alkyl halides is 2. The summed E-state index contributed by atoms with van der Waals surface area (Å²) in [5.74, 6) is -0.207. The van der Waals surface area contributed by atoms with Gasteiger partial charge in [0.2, 0.25) is 11.8 Å². The molecule has 1 fully saturated rings. The molecule has 3 rings (SSSR count). The molecule has 1 aromatic rings. The van der Waals surface area contributed by atoms with Crippen LogP contribution in [-0.4, -0.2) is 30.7 Å². The minimum Gasteiger partial charge on any atom is -0.395 e. The Bertz CT molecular complexity index is 665. The summed E-state index contributed by atoms with van der Waals surface area (Å²) in [7, 11) is 0. The molecule has 0 spiro atoms. The van der Waals surface area contributed by atoms with Crippen molar-refractivity contribution in [3.05, 3.63) is 23.8 Å². The average molecular weight is 340 g/mol. The van der Waals surface area contributed by atoms with Gasteiger partial charge in [-0.05, 0) is 36.5 Å². The van der Waals surface area contributed by atoms with Crippen molar-refractivity contribution < 1.29 is 27.8 Å². The van der Waals surface area contributed by atoms with Crippen LogP contribution in [0.3, 0.4) is 0 Å². The quantitative estimate of drug-likeness (QED) is 0.873. The summed E-state index contributed by atoms with van der Waals surface area (Å²) in [4.78, 5) is 23.5. The fourth-order valence-corrected chi connectivity index (χ4v) is 2.89. The maximum Gasteiger partial charge on any atom is 0.586 e. The maximum absolute atomic E-state index is 13.0. The number of benzene rings is 1. The van der Waals surface area contributed by atoms with Gasteiger partial charge >= 0.3 is 6.29 Å². The fourth-order valence-electron chi connectivity index (χ4n) is 2.89. The van der Waals surface area contributed by atoms with E-state index in [2.05, 4.69) is 20.1 Å². The van der Waals surface area contributed by atoms with Crippen LogP contribution in [-0.2, 0) is 16.0 Å². The number of carbonyl (C=O) groups excluding carboxylic acids is 2. The van der Waals surface area contributed by atoms with Gasteiger partial charge in [-0.2, -0.15) is 0 Å². The molecule has 2 heterocycles. The summed E-state index contributed by atoms with van der Waals surface area (Å²) < 4.78 is 34.6. The van der Waals surface area contributed by atoms with Gasteiger partial charge in [-0.25, -0.2) is 0 Å². The van der Waals surface area contributed by atoms with Gasteiger partial charge < -0.3 is 20.1 Å². The molecular weight excluding hydrogens is 322 g/mol. The number of halogens is 2. The smallest absolute Gasteiger partial charge is 0.395 e. The molecule has 130 valence electrons. The Morgan fingerprint density at radius 1 is 1.38 bits per heavy atom. The van der Waals surface area contributed by atoms with Gasteiger partial charge in [-0.15, -0.1) is 8.78 Å². The Kier molecular flexibility index (Phi) is 4.29. The van der Waals surface area contributed by atoms with E-state index in [1.54, 1.807) is 6.07 Å². The van der Waals surface area contributed by atoms with Crippen LogP contribution < -0.4 is 20.1 Å². The van der Waals surface area contributed by atoms with E-state index in [4.69, 9.17) is 0 Å². The van der Waals surface area contributed by atoms with Crippen molar-refractivity contribution in [2.75, 3.05) is 6.54 Å². The van der Waals surface area contributed by atoms with Crippen LogP contribution in [0.5, 0.6) is 11.5 Å². The van der Waals surface area contributed by atoms with Crippen LogP contribution in [0.1, 0.15) is 25.3 Å². The van der Waals surface area contributed by atoms with Crippen LogP contribution in [0.4, 0.5) is 8.78 Å². The van der Waals surface area contributed by atoms with Gasteiger partial charge in [0.1, 0.15) is 6.04 Å². The zero-order chi connectivity index (χ0) is 17.3. The van der Waals surface area contributed by atoms with Gasteiger partial charge in [0, 0.05) is 13.0 Å². The Morgan fingerprint density at radius 3 is 2.88 bits per heavy atom. The van der Waals surface area contributed by atoms with Crippen LogP contribution in [0.2, 0.25) is 0 Å². The number of hydrogen-bond acceptors (Lipinski definition) is 4. The maximum atomic E-state index is 13.0. The van der Waals surface area contributed by atoms with Crippen molar-refractivity contribution in [2.24, 2.45) is 5.92 Å². The van der Waals surface area contributed by atoms with Crippen molar-refractivity contribution in [1.29, 1.82) is 0 Å². The predicted molar refractivity (Wildman–Crippen MR) is 79.7 cm³/mol. The van der Waals surface area contributed by atoms with E-state index in [0.717, 1.165) is 5.56 Å². The highest BCUT2D eigenvalue weighted by atomic mass is 19.3. The lowest BCUT2D eigenvalue weighted by Gasteiger charge is -2.26. The first-order valence-electron chi connectivity index (χ1n) is 7.78. The van der Waals surface area contributed by atoms with E-state index in [1.807, 2.05) is 6.92 Å². The van der Waals surface area contributed by atoms with Gasteiger partial charge in [-0.3, -0.25) is 9.59 Å². The number of amides is 2. The molecule has 0 unspecified atom stereocenters. The van der Waals surface area contributed by atoms with Crippen molar-refractivity contribution >= 4 is 11.8 Å². The number of piperidine rings is 1. The third kappa shape index (κ3) is 3.74.